The maximum absolute atomic E-state index is 3.67. The highest BCUT2D eigenvalue weighted by atomic mass is 15.2. The van der Waals surface area contributed by atoms with E-state index in [1.54, 1.807) is 0 Å². The third-order valence-electron chi connectivity index (χ3n) is 3.74. The zero-order chi connectivity index (χ0) is 12.8. The van der Waals surface area contributed by atoms with Crippen molar-refractivity contribution in [1.29, 1.82) is 0 Å². The fourth-order valence-corrected chi connectivity index (χ4v) is 2.40. The number of likely N-dealkylation sites (N-methyl/N-ethyl adjacent to an activating group) is 1. The summed E-state index contributed by atoms with van der Waals surface area (Å²) in [5.41, 5.74) is 1.41. The second-order valence-corrected chi connectivity index (χ2v) is 5.53. The molecule has 0 aliphatic heterocycles. The molecule has 0 heterocycles. The summed E-state index contributed by atoms with van der Waals surface area (Å²) >= 11 is 0. The Bertz CT molecular complexity index is 332. The number of hydrogen-bond acceptors (Lipinski definition) is 2. The summed E-state index contributed by atoms with van der Waals surface area (Å²) in [6, 6.07) is 12.2. The Labute approximate surface area is 111 Å². The van der Waals surface area contributed by atoms with Crippen LogP contribution in [0.2, 0.25) is 0 Å². The van der Waals surface area contributed by atoms with Crippen molar-refractivity contribution >= 4 is 0 Å². The average Bonchev–Trinajstić information content (AvgIpc) is 3.19. The fraction of sp³-hybridized carbons (Fsp3) is 0.625. The molecule has 2 nitrogen and oxygen atoms in total. The molecule has 2 rings (SSSR count). The molecule has 1 aliphatic rings. The number of hydrogen-bond donors (Lipinski definition) is 1. The van der Waals surface area contributed by atoms with Crippen LogP contribution in [0.5, 0.6) is 0 Å². The molecular weight excluding hydrogens is 220 g/mol. The highest BCUT2D eigenvalue weighted by Gasteiger charge is 2.23. The van der Waals surface area contributed by atoms with Gasteiger partial charge >= 0.3 is 0 Å². The van der Waals surface area contributed by atoms with Crippen LogP contribution >= 0.6 is 0 Å². The van der Waals surface area contributed by atoms with Gasteiger partial charge in [-0.2, -0.15) is 0 Å². The molecule has 0 amide bonds. The van der Waals surface area contributed by atoms with Crippen LogP contribution in [0.4, 0.5) is 0 Å². The van der Waals surface area contributed by atoms with E-state index in [9.17, 15) is 0 Å². The minimum Gasteiger partial charge on any atom is -0.312 e. The molecule has 1 N–H and O–H groups in total. The first-order valence-electron chi connectivity index (χ1n) is 7.27. The van der Waals surface area contributed by atoms with E-state index >= 15 is 0 Å². The van der Waals surface area contributed by atoms with Gasteiger partial charge in [0.2, 0.25) is 0 Å². The van der Waals surface area contributed by atoms with Crippen molar-refractivity contribution in [2.24, 2.45) is 0 Å². The van der Waals surface area contributed by atoms with Crippen LogP contribution in [0.15, 0.2) is 30.3 Å². The van der Waals surface area contributed by atoms with E-state index in [2.05, 4.69) is 54.5 Å². The molecule has 0 radical (unpaired) electrons. The normalized spacial score (nSPS) is 17.1. The Kier molecular flexibility index (Phi) is 5.21. The molecule has 0 bridgehead atoms. The molecule has 1 aromatic carbocycles. The highest BCUT2D eigenvalue weighted by Crippen LogP contribution is 2.19. The minimum atomic E-state index is 0.663. The van der Waals surface area contributed by atoms with Crippen LogP contribution in [0.25, 0.3) is 0 Å². The van der Waals surface area contributed by atoms with Crippen molar-refractivity contribution in [2.75, 3.05) is 13.6 Å². The Balaban J connectivity index is 1.83. The first kappa shape index (κ1) is 13.6. The average molecular weight is 246 g/mol. The van der Waals surface area contributed by atoms with Gasteiger partial charge in [0.05, 0.1) is 0 Å². The molecule has 1 fully saturated rings. The van der Waals surface area contributed by atoms with E-state index in [1.807, 2.05) is 0 Å². The van der Waals surface area contributed by atoms with Crippen molar-refractivity contribution in [1.82, 2.24) is 10.2 Å². The molecule has 18 heavy (non-hydrogen) atoms. The molecule has 1 aromatic rings. The number of nitrogens with one attached hydrogen (secondary N) is 1. The summed E-state index contributed by atoms with van der Waals surface area (Å²) < 4.78 is 0. The zero-order valence-electron chi connectivity index (χ0n) is 11.7. The largest absolute Gasteiger partial charge is 0.312 e. The Morgan fingerprint density at radius 1 is 1.28 bits per heavy atom. The van der Waals surface area contributed by atoms with Gasteiger partial charge in [-0.3, -0.25) is 4.90 Å². The number of rotatable bonds is 8. The molecule has 1 aliphatic carbocycles. The molecule has 0 saturated heterocycles. The maximum Gasteiger partial charge on any atom is 0.0234 e. The number of benzene rings is 1. The first-order chi connectivity index (χ1) is 8.79. The monoisotopic (exact) mass is 246 g/mol. The van der Waals surface area contributed by atoms with E-state index in [4.69, 9.17) is 0 Å². The fourth-order valence-electron chi connectivity index (χ4n) is 2.40. The summed E-state index contributed by atoms with van der Waals surface area (Å²) in [5.74, 6) is 0. The Morgan fingerprint density at radius 2 is 2.00 bits per heavy atom. The molecule has 100 valence electrons. The van der Waals surface area contributed by atoms with Crippen LogP contribution in [0.1, 0.15) is 38.2 Å². The third kappa shape index (κ3) is 4.43. The first-order valence-corrected chi connectivity index (χ1v) is 7.27. The van der Waals surface area contributed by atoms with Crippen molar-refractivity contribution in [2.45, 2.75) is 51.2 Å². The molecule has 2 heteroatoms. The molecular formula is C16H26N2. The van der Waals surface area contributed by atoms with Gasteiger partial charge in [0.15, 0.2) is 0 Å². The smallest absolute Gasteiger partial charge is 0.0234 e. The standard InChI is InChI=1S/C16H26N2/c1-3-7-16(12-17-15-10-11-15)18(2)13-14-8-5-4-6-9-14/h4-6,8-9,15-17H,3,7,10-13H2,1-2H3. The molecule has 0 aromatic heterocycles. The van der Waals surface area contributed by atoms with Gasteiger partial charge in [-0.05, 0) is 31.9 Å². The summed E-state index contributed by atoms with van der Waals surface area (Å²) in [4.78, 5) is 2.49. The lowest BCUT2D eigenvalue weighted by atomic mass is 10.1. The lowest BCUT2D eigenvalue weighted by Crippen LogP contribution is -2.40. The quantitative estimate of drug-likeness (QED) is 0.758. The van der Waals surface area contributed by atoms with Gasteiger partial charge in [-0.25, -0.2) is 0 Å². The van der Waals surface area contributed by atoms with Crippen molar-refractivity contribution < 1.29 is 0 Å². The summed E-state index contributed by atoms with van der Waals surface area (Å²) in [6.07, 6.45) is 5.29. The summed E-state index contributed by atoms with van der Waals surface area (Å²) in [6.45, 7) is 4.47. The molecule has 0 spiro atoms. The lowest BCUT2D eigenvalue weighted by molar-refractivity contribution is 0.214. The van der Waals surface area contributed by atoms with Gasteiger partial charge in [-0.15, -0.1) is 0 Å². The maximum atomic E-state index is 3.67. The van der Waals surface area contributed by atoms with Gasteiger partial charge in [0, 0.05) is 25.2 Å². The summed E-state index contributed by atoms with van der Waals surface area (Å²) in [7, 11) is 2.25. The Hall–Kier alpha value is -0.860. The second-order valence-electron chi connectivity index (χ2n) is 5.53. The molecule has 1 atom stereocenters. The molecule has 1 unspecified atom stereocenters. The predicted molar refractivity (Wildman–Crippen MR) is 77.6 cm³/mol. The van der Waals surface area contributed by atoms with Crippen LogP contribution < -0.4 is 5.32 Å². The van der Waals surface area contributed by atoms with Gasteiger partial charge in [0.25, 0.3) is 0 Å². The van der Waals surface area contributed by atoms with Crippen LogP contribution in [0.3, 0.4) is 0 Å². The second kappa shape index (κ2) is 6.91. The minimum absolute atomic E-state index is 0.663. The van der Waals surface area contributed by atoms with Crippen molar-refractivity contribution in [3.63, 3.8) is 0 Å². The zero-order valence-corrected chi connectivity index (χ0v) is 11.7. The topological polar surface area (TPSA) is 15.3 Å². The van der Waals surface area contributed by atoms with Crippen molar-refractivity contribution in [3.05, 3.63) is 35.9 Å². The van der Waals surface area contributed by atoms with Crippen LogP contribution in [-0.4, -0.2) is 30.6 Å². The number of nitrogens with zero attached hydrogens (tertiary/aromatic N) is 1. The highest BCUT2D eigenvalue weighted by molar-refractivity contribution is 5.14. The Morgan fingerprint density at radius 3 is 2.61 bits per heavy atom. The van der Waals surface area contributed by atoms with E-state index in [-0.39, 0.29) is 0 Å². The van der Waals surface area contributed by atoms with Gasteiger partial charge in [0.1, 0.15) is 0 Å². The predicted octanol–water partition coefficient (Wildman–Crippen LogP) is 3.04. The van der Waals surface area contributed by atoms with Crippen LogP contribution in [-0.2, 0) is 6.54 Å². The van der Waals surface area contributed by atoms with E-state index < -0.39 is 0 Å². The SMILES string of the molecule is CCCC(CNC1CC1)N(C)Cc1ccccc1. The third-order valence-corrected chi connectivity index (χ3v) is 3.74. The van der Waals surface area contributed by atoms with Crippen molar-refractivity contribution in [3.8, 4) is 0 Å². The van der Waals surface area contributed by atoms with E-state index in [0.717, 1.165) is 19.1 Å². The van der Waals surface area contributed by atoms with Gasteiger partial charge < -0.3 is 5.32 Å². The van der Waals surface area contributed by atoms with E-state index in [0.29, 0.717) is 6.04 Å². The van der Waals surface area contributed by atoms with Gasteiger partial charge in [-0.1, -0.05) is 43.7 Å². The molecule has 1 saturated carbocycles. The van der Waals surface area contributed by atoms with Crippen LogP contribution in [0, 0.1) is 0 Å². The lowest BCUT2D eigenvalue weighted by Gasteiger charge is -2.28. The summed E-state index contributed by atoms with van der Waals surface area (Å²) in [5, 5.41) is 3.67. The van der Waals surface area contributed by atoms with E-state index in [1.165, 1.54) is 31.2 Å².